The molecular formula is C20H25F2NO3. The number of nitrogens with one attached hydrogen (secondary N) is 1. The van der Waals surface area contributed by atoms with Crippen molar-refractivity contribution >= 4 is 0 Å². The monoisotopic (exact) mass is 365 g/mol. The van der Waals surface area contributed by atoms with E-state index in [9.17, 15) is 19.0 Å². The lowest BCUT2D eigenvalue weighted by Crippen LogP contribution is -2.26. The third-order valence-electron chi connectivity index (χ3n) is 3.93. The molecule has 0 fully saturated rings. The number of hydrogen-bond acceptors (Lipinski definition) is 4. The number of hydrogen-bond donors (Lipinski definition) is 3. The van der Waals surface area contributed by atoms with Crippen molar-refractivity contribution in [3.8, 4) is 11.5 Å². The SMILES string of the molecule is CCCOc1cccc(CNCC(O)CCc2cc(F)cc(F)c2)c1O. The van der Waals surface area contributed by atoms with Gasteiger partial charge < -0.3 is 20.3 Å². The van der Waals surface area contributed by atoms with E-state index in [2.05, 4.69) is 5.32 Å². The summed E-state index contributed by atoms with van der Waals surface area (Å²) >= 11 is 0. The molecule has 0 radical (unpaired) electrons. The Kier molecular flexibility index (Phi) is 7.81. The number of halogens is 2. The average Bonchev–Trinajstić information content (AvgIpc) is 2.59. The summed E-state index contributed by atoms with van der Waals surface area (Å²) in [6, 6.07) is 8.65. The Hall–Kier alpha value is -2.18. The van der Waals surface area contributed by atoms with E-state index in [0.29, 0.717) is 49.4 Å². The Morgan fingerprint density at radius 1 is 1.15 bits per heavy atom. The first-order valence-corrected chi connectivity index (χ1v) is 8.77. The molecule has 2 rings (SSSR count). The van der Waals surface area contributed by atoms with Gasteiger partial charge in [0, 0.05) is 24.7 Å². The largest absolute Gasteiger partial charge is 0.504 e. The topological polar surface area (TPSA) is 61.7 Å². The Morgan fingerprint density at radius 2 is 1.88 bits per heavy atom. The van der Waals surface area contributed by atoms with E-state index < -0.39 is 17.7 Å². The quantitative estimate of drug-likeness (QED) is 0.603. The number of para-hydroxylation sites is 1. The highest BCUT2D eigenvalue weighted by atomic mass is 19.1. The van der Waals surface area contributed by atoms with Gasteiger partial charge in [-0.3, -0.25) is 0 Å². The lowest BCUT2D eigenvalue weighted by Gasteiger charge is -2.14. The lowest BCUT2D eigenvalue weighted by atomic mass is 10.1. The van der Waals surface area contributed by atoms with Crippen LogP contribution in [0.5, 0.6) is 11.5 Å². The Labute approximate surface area is 152 Å². The van der Waals surface area contributed by atoms with Crippen LogP contribution < -0.4 is 10.1 Å². The molecule has 0 amide bonds. The van der Waals surface area contributed by atoms with Gasteiger partial charge in [0.25, 0.3) is 0 Å². The molecule has 0 saturated carbocycles. The number of phenolic OH excluding ortho intramolecular Hbond substituents is 1. The molecule has 0 aromatic heterocycles. The van der Waals surface area contributed by atoms with Gasteiger partial charge in [0.15, 0.2) is 11.5 Å². The summed E-state index contributed by atoms with van der Waals surface area (Å²) in [6.45, 7) is 3.20. The second-order valence-corrected chi connectivity index (χ2v) is 6.21. The van der Waals surface area contributed by atoms with Crippen LogP contribution in [-0.4, -0.2) is 29.5 Å². The summed E-state index contributed by atoms with van der Waals surface area (Å²) in [5.41, 5.74) is 1.19. The van der Waals surface area contributed by atoms with Crippen LogP contribution in [0.4, 0.5) is 8.78 Å². The van der Waals surface area contributed by atoms with Gasteiger partial charge in [-0.25, -0.2) is 8.78 Å². The summed E-state index contributed by atoms with van der Waals surface area (Å²) in [6.07, 6.45) is 0.941. The highest BCUT2D eigenvalue weighted by Crippen LogP contribution is 2.29. The van der Waals surface area contributed by atoms with Crippen LogP contribution in [0.1, 0.15) is 30.9 Å². The fourth-order valence-corrected chi connectivity index (χ4v) is 2.60. The van der Waals surface area contributed by atoms with Crippen molar-refractivity contribution < 1.29 is 23.7 Å². The van der Waals surface area contributed by atoms with Gasteiger partial charge in [-0.05, 0) is 43.0 Å². The van der Waals surface area contributed by atoms with E-state index in [0.717, 1.165) is 12.5 Å². The molecule has 0 saturated heterocycles. The van der Waals surface area contributed by atoms with Crippen LogP contribution in [0, 0.1) is 11.6 Å². The predicted octanol–water partition coefficient (Wildman–Crippen LogP) is 3.54. The maximum absolute atomic E-state index is 13.1. The normalized spacial score (nSPS) is 12.2. The number of aliphatic hydroxyl groups is 1. The van der Waals surface area contributed by atoms with Crippen molar-refractivity contribution in [2.75, 3.05) is 13.2 Å². The molecule has 6 heteroatoms. The number of benzene rings is 2. The van der Waals surface area contributed by atoms with Gasteiger partial charge in [-0.15, -0.1) is 0 Å². The highest BCUT2D eigenvalue weighted by molar-refractivity contribution is 5.45. The zero-order chi connectivity index (χ0) is 18.9. The standard InChI is InChI=1S/C20H25F2NO3/c1-2-8-26-19-5-3-4-15(20(19)25)12-23-13-18(24)7-6-14-9-16(21)11-17(22)10-14/h3-5,9-11,18,23-25H,2,6-8,12-13H2,1H3. The smallest absolute Gasteiger partial charge is 0.162 e. The first kappa shape index (κ1) is 20.1. The second kappa shape index (κ2) is 10.1. The molecule has 0 aliphatic heterocycles. The van der Waals surface area contributed by atoms with E-state index in [1.165, 1.54) is 12.1 Å². The fraction of sp³-hybridized carbons (Fsp3) is 0.400. The number of ether oxygens (including phenoxy) is 1. The minimum absolute atomic E-state index is 0.0955. The van der Waals surface area contributed by atoms with E-state index in [-0.39, 0.29) is 5.75 Å². The van der Waals surface area contributed by atoms with Crippen LogP contribution in [0.15, 0.2) is 36.4 Å². The molecule has 0 spiro atoms. The number of phenols is 1. The molecule has 3 N–H and O–H groups in total. The zero-order valence-corrected chi connectivity index (χ0v) is 14.8. The van der Waals surface area contributed by atoms with Crippen molar-refractivity contribution in [3.05, 3.63) is 59.2 Å². The van der Waals surface area contributed by atoms with Crippen LogP contribution in [-0.2, 0) is 13.0 Å². The molecule has 0 heterocycles. The highest BCUT2D eigenvalue weighted by Gasteiger charge is 2.10. The molecule has 1 atom stereocenters. The van der Waals surface area contributed by atoms with Crippen LogP contribution >= 0.6 is 0 Å². The molecule has 0 aliphatic carbocycles. The van der Waals surface area contributed by atoms with Gasteiger partial charge in [0.1, 0.15) is 11.6 Å². The minimum atomic E-state index is -0.664. The second-order valence-electron chi connectivity index (χ2n) is 6.21. The van der Waals surface area contributed by atoms with E-state index in [1.54, 1.807) is 18.2 Å². The summed E-state index contributed by atoms with van der Waals surface area (Å²) < 4.78 is 31.8. The number of aromatic hydroxyl groups is 1. The predicted molar refractivity (Wildman–Crippen MR) is 96.3 cm³/mol. The molecule has 0 aliphatic rings. The molecule has 142 valence electrons. The van der Waals surface area contributed by atoms with E-state index in [1.807, 2.05) is 6.92 Å². The lowest BCUT2D eigenvalue weighted by molar-refractivity contribution is 0.161. The fourth-order valence-electron chi connectivity index (χ4n) is 2.60. The molecule has 1 unspecified atom stereocenters. The summed E-state index contributed by atoms with van der Waals surface area (Å²) in [4.78, 5) is 0. The number of aryl methyl sites for hydroxylation is 1. The molecular weight excluding hydrogens is 340 g/mol. The van der Waals surface area contributed by atoms with Gasteiger partial charge in [-0.1, -0.05) is 19.1 Å². The summed E-state index contributed by atoms with van der Waals surface area (Å²) in [5, 5.41) is 23.3. The molecule has 4 nitrogen and oxygen atoms in total. The zero-order valence-electron chi connectivity index (χ0n) is 14.8. The first-order chi connectivity index (χ1) is 12.5. The average molecular weight is 365 g/mol. The summed E-state index contributed by atoms with van der Waals surface area (Å²) in [7, 11) is 0. The molecule has 2 aromatic carbocycles. The van der Waals surface area contributed by atoms with Crippen molar-refractivity contribution in [1.82, 2.24) is 5.32 Å². The van der Waals surface area contributed by atoms with Crippen molar-refractivity contribution in [1.29, 1.82) is 0 Å². The Morgan fingerprint density at radius 3 is 2.58 bits per heavy atom. The summed E-state index contributed by atoms with van der Waals surface area (Å²) in [5.74, 6) is -0.695. The van der Waals surface area contributed by atoms with Gasteiger partial charge >= 0.3 is 0 Å². The number of rotatable bonds is 10. The maximum Gasteiger partial charge on any atom is 0.162 e. The van der Waals surface area contributed by atoms with E-state index in [4.69, 9.17) is 4.74 Å². The van der Waals surface area contributed by atoms with E-state index >= 15 is 0 Å². The van der Waals surface area contributed by atoms with Crippen molar-refractivity contribution in [3.63, 3.8) is 0 Å². The van der Waals surface area contributed by atoms with Gasteiger partial charge in [0.2, 0.25) is 0 Å². The number of aliphatic hydroxyl groups excluding tert-OH is 1. The van der Waals surface area contributed by atoms with Crippen LogP contribution in [0.2, 0.25) is 0 Å². The van der Waals surface area contributed by atoms with Gasteiger partial charge in [-0.2, -0.15) is 0 Å². The maximum atomic E-state index is 13.1. The minimum Gasteiger partial charge on any atom is -0.504 e. The van der Waals surface area contributed by atoms with Crippen molar-refractivity contribution in [2.24, 2.45) is 0 Å². The molecule has 0 bridgehead atoms. The molecule has 26 heavy (non-hydrogen) atoms. The third-order valence-corrected chi connectivity index (χ3v) is 3.93. The third kappa shape index (κ3) is 6.28. The van der Waals surface area contributed by atoms with Gasteiger partial charge in [0.05, 0.1) is 12.7 Å². The van der Waals surface area contributed by atoms with Crippen LogP contribution in [0.25, 0.3) is 0 Å². The van der Waals surface area contributed by atoms with Crippen LogP contribution in [0.3, 0.4) is 0 Å². The van der Waals surface area contributed by atoms with Crippen molar-refractivity contribution in [2.45, 2.75) is 38.8 Å². The molecule has 2 aromatic rings. The first-order valence-electron chi connectivity index (χ1n) is 8.77. The Balaban J connectivity index is 1.78. The Bertz CT molecular complexity index is 689.